The number of rotatable bonds is 6. The van der Waals surface area contributed by atoms with Crippen LogP contribution >= 0.6 is 24.8 Å². The van der Waals surface area contributed by atoms with Gasteiger partial charge in [0.25, 0.3) is 5.69 Å². The number of halogens is 2. The lowest BCUT2D eigenvalue weighted by molar-refractivity contribution is -0.384. The van der Waals surface area contributed by atoms with Crippen molar-refractivity contribution in [2.24, 2.45) is 0 Å². The molecule has 5 nitrogen and oxygen atoms in total. The van der Waals surface area contributed by atoms with E-state index in [1.165, 1.54) is 25.5 Å². The summed E-state index contributed by atoms with van der Waals surface area (Å²) in [5, 5.41) is 14.1. The monoisotopic (exact) mass is 335 g/mol. The fraction of sp³-hybridized carbons (Fsp3) is 0.571. The second-order valence-corrected chi connectivity index (χ2v) is 4.98. The number of nitro groups is 1. The maximum absolute atomic E-state index is 10.7. The molecule has 1 aliphatic heterocycles. The van der Waals surface area contributed by atoms with Crippen LogP contribution in [-0.2, 0) is 6.54 Å². The van der Waals surface area contributed by atoms with E-state index in [1.54, 1.807) is 12.1 Å². The predicted octanol–water partition coefficient (Wildman–Crippen LogP) is 3.01. The first-order valence-corrected chi connectivity index (χ1v) is 6.89. The summed E-state index contributed by atoms with van der Waals surface area (Å²) in [7, 11) is 0. The number of likely N-dealkylation sites (tertiary alicyclic amines) is 1. The lowest BCUT2D eigenvalue weighted by Crippen LogP contribution is -2.37. The highest BCUT2D eigenvalue weighted by Crippen LogP contribution is 2.16. The van der Waals surface area contributed by atoms with Crippen LogP contribution in [0.15, 0.2) is 24.3 Å². The number of nitro benzene ring substituents is 1. The van der Waals surface area contributed by atoms with Gasteiger partial charge in [-0.05, 0) is 31.5 Å². The van der Waals surface area contributed by atoms with Crippen molar-refractivity contribution in [2.45, 2.75) is 32.4 Å². The lowest BCUT2D eigenvalue weighted by atomic mass is 10.2. The van der Waals surface area contributed by atoms with Crippen LogP contribution in [0.1, 0.15) is 25.3 Å². The molecule has 0 aliphatic carbocycles. The quantitative estimate of drug-likeness (QED) is 0.641. The Kier molecular flexibility index (Phi) is 9.53. The molecule has 0 radical (unpaired) electrons. The summed E-state index contributed by atoms with van der Waals surface area (Å²) in [6, 6.07) is 7.44. The van der Waals surface area contributed by atoms with Crippen molar-refractivity contribution in [3.63, 3.8) is 0 Å². The fourth-order valence-electron chi connectivity index (χ4n) is 2.71. The summed E-state index contributed by atoms with van der Waals surface area (Å²) in [5.41, 5.74) is 1.13. The molecule has 0 saturated carbocycles. The number of non-ortho nitro benzene ring substituents is 1. The predicted molar refractivity (Wildman–Crippen MR) is 89.6 cm³/mol. The topological polar surface area (TPSA) is 58.4 Å². The third kappa shape index (κ3) is 5.79. The van der Waals surface area contributed by atoms with Crippen molar-refractivity contribution in [2.75, 3.05) is 19.6 Å². The molecule has 0 bridgehead atoms. The first-order chi connectivity index (χ1) is 9.20. The highest BCUT2D eigenvalue weighted by molar-refractivity contribution is 5.85. The van der Waals surface area contributed by atoms with Gasteiger partial charge in [0.05, 0.1) is 4.92 Å². The van der Waals surface area contributed by atoms with Crippen LogP contribution in [-0.4, -0.2) is 35.5 Å². The van der Waals surface area contributed by atoms with E-state index in [9.17, 15) is 10.1 Å². The highest BCUT2D eigenvalue weighted by atomic mass is 35.5. The van der Waals surface area contributed by atoms with Gasteiger partial charge in [0.2, 0.25) is 0 Å². The third-order valence-corrected chi connectivity index (χ3v) is 3.74. The Morgan fingerprint density at radius 1 is 1.43 bits per heavy atom. The number of benzene rings is 1. The molecular formula is C14H23Cl2N3O2. The molecular weight excluding hydrogens is 313 g/mol. The Morgan fingerprint density at radius 2 is 2.19 bits per heavy atom. The molecule has 7 heteroatoms. The summed E-state index contributed by atoms with van der Waals surface area (Å²) in [6.07, 6.45) is 2.52. The third-order valence-electron chi connectivity index (χ3n) is 3.74. The smallest absolute Gasteiger partial charge is 0.269 e. The number of likely N-dealkylation sites (N-methyl/N-ethyl adjacent to an activating group) is 1. The summed E-state index contributed by atoms with van der Waals surface area (Å²) in [4.78, 5) is 12.8. The standard InChI is InChI=1S/C14H21N3O2.2ClH/c1-2-16-8-4-7-14(16)11-15-10-12-5-3-6-13(9-12)17(18)19;;/h3,5-6,9,14-15H,2,4,7-8,10-11H2,1H3;2*1H. The van der Waals surface area contributed by atoms with Crippen LogP contribution in [0.25, 0.3) is 0 Å². The molecule has 1 heterocycles. The molecule has 1 unspecified atom stereocenters. The molecule has 1 saturated heterocycles. The molecule has 1 aromatic rings. The average Bonchev–Trinajstić information content (AvgIpc) is 2.86. The zero-order chi connectivity index (χ0) is 13.7. The molecule has 0 spiro atoms. The zero-order valence-corrected chi connectivity index (χ0v) is 13.8. The minimum atomic E-state index is -0.348. The first kappa shape index (κ1) is 20.1. The van der Waals surface area contributed by atoms with Gasteiger partial charge in [-0.15, -0.1) is 24.8 Å². The van der Waals surface area contributed by atoms with Crippen molar-refractivity contribution in [1.82, 2.24) is 10.2 Å². The molecule has 0 amide bonds. The Labute approximate surface area is 138 Å². The van der Waals surface area contributed by atoms with Gasteiger partial charge in [-0.3, -0.25) is 15.0 Å². The Balaban J connectivity index is 0.00000200. The summed E-state index contributed by atoms with van der Waals surface area (Å²) in [5.74, 6) is 0. The summed E-state index contributed by atoms with van der Waals surface area (Å²) >= 11 is 0. The van der Waals surface area contributed by atoms with Crippen LogP contribution in [0, 0.1) is 10.1 Å². The van der Waals surface area contributed by atoms with Gasteiger partial charge in [0.15, 0.2) is 0 Å². The van der Waals surface area contributed by atoms with Crippen LogP contribution < -0.4 is 5.32 Å². The number of hydrogen-bond acceptors (Lipinski definition) is 4. The SMILES string of the molecule is CCN1CCCC1CNCc1cccc([N+](=O)[O-])c1.Cl.Cl. The van der Waals surface area contributed by atoms with E-state index in [1.807, 2.05) is 6.07 Å². The van der Waals surface area contributed by atoms with E-state index in [4.69, 9.17) is 0 Å². The molecule has 1 N–H and O–H groups in total. The number of nitrogens with zero attached hydrogens (tertiary/aromatic N) is 2. The van der Waals surface area contributed by atoms with Crippen molar-refractivity contribution in [3.8, 4) is 0 Å². The van der Waals surface area contributed by atoms with Gasteiger partial charge >= 0.3 is 0 Å². The molecule has 1 aliphatic rings. The Bertz CT molecular complexity index is 446. The first-order valence-electron chi connectivity index (χ1n) is 6.89. The van der Waals surface area contributed by atoms with Gasteiger partial charge in [-0.2, -0.15) is 0 Å². The largest absolute Gasteiger partial charge is 0.311 e. The number of nitrogens with one attached hydrogen (secondary N) is 1. The van der Waals surface area contributed by atoms with Crippen molar-refractivity contribution in [1.29, 1.82) is 0 Å². The molecule has 1 atom stereocenters. The second-order valence-electron chi connectivity index (χ2n) is 4.98. The minimum Gasteiger partial charge on any atom is -0.311 e. The van der Waals surface area contributed by atoms with Gasteiger partial charge in [-0.25, -0.2) is 0 Å². The summed E-state index contributed by atoms with van der Waals surface area (Å²) < 4.78 is 0. The van der Waals surface area contributed by atoms with E-state index in [0.29, 0.717) is 12.6 Å². The van der Waals surface area contributed by atoms with Crippen LogP contribution in [0.2, 0.25) is 0 Å². The minimum absolute atomic E-state index is 0. The van der Waals surface area contributed by atoms with Crippen molar-refractivity contribution < 1.29 is 4.92 Å². The van der Waals surface area contributed by atoms with Crippen LogP contribution in [0.5, 0.6) is 0 Å². The van der Waals surface area contributed by atoms with Crippen molar-refractivity contribution >= 4 is 30.5 Å². The van der Waals surface area contributed by atoms with Crippen LogP contribution in [0.3, 0.4) is 0 Å². The molecule has 2 rings (SSSR count). The number of hydrogen-bond donors (Lipinski definition) is 1. The van der Waals surface area contributed by atoms with E-state index < -0.39 is 0 Å². The van der Waals surface area contributed by atoms with Gasteiger partial charge in [-0.1, -0.05) is 19.1 Å². The average molecular weight is 336 g/mol. The van der Waals surface area contributed by atoms with E-state index in [-0.39, 0.29) is 35.4 Å². The fourth-order valence-corrected chi connectivity index (χ4v) is 2.71. The maximum Gasteiger partial charge on any atom is 0.269 e. The molecule has 21 heavy (non-hydrogen) atoms. The maximum atomic E-state index is 10.7. The molecule has 0 aromatic heterocycles. The van der Waals surface area contributed by atoms with E-state index in [2.05, 4.69) is 17.1 Å². The highest BCUT2D eigenvalue weighted by Gasteiger charge is 2.22. The normalized spacial score (nSPS) is 17.9. The van der Waals surface area contributed by atoms with Gasteiger partial charge in [0, 0.05) is 31.3 Å². The van der Waals surface area contributed by atoms with Crippen LogP contribution in [0.4, 0.5) is 5.69 Å². The molecule has 1 aromatic carbocycles. The Hall–Kier alpha value is -0.880. The van der Waals surface area contributed by atoms with Gasteiger partial charge in [0.1, 0.15) is 0 Å². The van der Waals surface area contributed by atoms with Gasteiger partial charge < -0.3 is 5.32 Å². The van der Waals surface area contributed by atoms with E-state index in [0.717, 1.165) is 18.7 Å². The second kappa shape index (κ2) is 9.95. The molecule has 120 valence electrons. The Morgan fingerprint density at radius 3 is 2.86 bits per heavy atom. The zero-order valence-electron chi connectivity index (χ0n) is 12.2. The van der Waals surface area contributed by atoms with E-state index >= 15 is 0 Å². The lowest BCUT2D eigenvalue weighted by Gasteiger charge is -2.22. The molecule has 1 fully saturated rings. The van der Waals surface area contributed by atoms with Crippen molar-refractivity contribution in [3.05, 3.63) is 39.9 Å². The summed E-state index contributed by atoms with van der Waals surface area (Å²) in [6.45, 7) is 6.13.